The lowest BCUT2D eigenvalue weighted by atomic mass is 10.1. The van der Waals surface area contributed by atoms with Crippen LogP contribution in [-0.4, -0.2) is 35.5 Å². The Morgan fingerprint density at radius 1 is 1.24 bits per heavy atom. The van der Waals surface area contributed by atoms with E-state index in [0.29, 0.717) is 0 Å². The Balaban J connectivity index is 1.86. The van der Waals surface area contributed by atoms with Gasteiger partial charge >= 0.3 is 0 Å². The van der Waals surface area contributed by atoms with Gasteiger partial charge in [0.2, 0.25) is 0 Å². The highest BCUT2D eigenvalue weighted by Crippen LogP contribution is 2.15. The van der Waals surface area contributed by atoms with Crippen molar-refractivity contribution in [2.75, 3.05) is 20.6 Å². The molecule has 2 aromatic rings. The fourth-order valence-corrected chi connectivity index (χ4v) is 2.23. The van der Waals surface area contributed by atoms with Gasteiger partial charge in [-0.25, -0.2) is 4.39 Å². The molecule has 0 aromatic carbocycles. The van der Waals surface area contributed by atoms with Crippen LogP contribution in [0.1, 0.15) is 23.9 Å². The molecule has 2 aromatic heterocycles. The number of pyridine rings is 2. The van der Waals surface area contributed by atoms with E-state index in [9.17, 15) is 4.39 Å². The van der Waals surface area contributed by atoms with E-state index >= 15 is 0 Å². The van der Waals surface area contributed by atoms with Crippen LogP contribution in [0.25, 0.3) is 0 Å². The van der Waals surface area contributed by atoms with Crippen LogP contribution in [-0.2, 0) is 6.54 Å². The first kappa shape index (κ1) is 15.5. The quantitative estimate of drug-likeness (QED) is 0.849. The van der Waals surface area contributed by atoms with Gasteiger partial charge in [-0.15, -0.1) is 0 Å². The second kappa shape index (κ2) is 7.81. The molecule has 0 saturated carbocycles. The van der Waals surface area contributed by atoms with Crippen molar-refractivity contribution >= 4 is 0 Å². The van der Waals surface area contributed by atoms with E-state index in [-0.39, 0.29) is 11.9 Å². The minimum absolute atomic E-state index is 0.122. The molecule has 1 N–H and O–H groups in total. The summed E-state index contributed by atoms with van der Waals surface area (Å²) in [5.41, 5.74) is 1.92. The summed E-state index contributed by atoms with van der Waals surface area (Å²) in [7, 11) is 3.97. The van der Waals surface area contributed by atoms with Crippen LogP contribution < -0.4 is 5.32 Å². The monoisotopic (exact) mass is 288 g/mol. The number of rotatable bonds is 7. The summed E-state index contributed by atoms with van der Waals surface area (Å²) in [6.07, 6.45) is 3.97. The molecule has 0 radical (unpaired) electrons. The van der Waals surface area contributed by atoms with Crippen molar-refractivity contribution < 1.29 is 4.39 Å². The molecule has 0 saturated heterocycles. The number of aromatic nitrogens is 2. The fourth-order valence-electron chi connectivity index (χ4n) is 2.23. The average Bonchev–Trinajstić information content (AvgIpc) is 2.50. The SMILES string of the molecule is CNC(CCN(C)Cc1ccccn1)c1ccc(F)cn1. The molecule has 1 atom stereocenters. The first-order chi connectivity index (χ1) is 10.2. The molecule has 112 valence electrons. The molecule has 0 aliphatic carbocycles. The third kappa shape index (κ3) is 4.88. The summed E-state index contributed by atoms with van der Waals surface area (Å²) in [5.74, 6) is -0.305. The number of nitrogens with one attached hydrogen (secondary N) is 1. The van der Waals surface area contributed by atoms with Crippen LogP contribution in [0.4, 0.5) is 4.39 Å². The Hall–Kier alpha value is -1.85. The predicted molar refractivity (Wildman–Crippen MR) is 81.2 cm³/mol. The van der Waals surface area contributed by atoms with E-state index in [4.69, 9.17) is 0 Å². The van der Waals surface area contributed by atoms with E-state index in [2.05, 4.69) is 27.2 Å². The zero-order valence-electron chi connectivity index (χ0n) is 12.5. The number of hydrogen-bond acceptors (Lipinski definition) is 4. The standard InChI is InChI=1S/C16H21FN4/c1-18-15(16-7-6-13(17)11-20-16)8-10-21(2)12-14-5-3-4-9-19-14/h3-7,9,11,15,18H,8,10,12H2,1-2H3. The van der Waals surface area contributed by atoms with Gasteiger partial charge in [0.25, 0.3) is 0 Å². The third-order valence-electron chi connectivity index (χ3n) is 3.41. The van der Waals surface area contributed by atoms with Crippen LogP contribution in [0.5, 0.6) is 0 Å². The normalized spacial score (nSPS) is 12.6. The second-order valence-electron chi connectivity index (χ2n) is 5.09. The van der Waals surface area contributed by atoms with Crippen LogP contribution in [0, 0.1) is 5.82 Å². The highest BCUT2D eigenvalue weighted by atomic mass is 19.1. The van der Waals surface area contributed by atoms with Gasteiger partial charge in [0.05, 0.1) is 23.6 Å². The highest BCUT2D eigenvalue weighted by Gasteiger charge is 2.12. The largest absolute Gasteiger partial charge is 0.312 e. The Morgan fingerprint density at radius 3 is 2.71 bits per heavy atom. The number of nitrogens with zero attached hydrogens (tertiary/aromatic N) is 3. The smallest absolute Gasteiger partial charge is 0.141 e. The molecule has 0 spiro atoms. The van der Waals surface area contributed by atoms with Gasteiger partial charge < -0.3 is 10.2 Å². The summed E-state index contributed by atoms with van der Waals surface area (Å²) in [5, 5.41) is 3.23. The van der Waals surface area contributed by atoms with Gasteiger partial charge in [0, 0.05) is 19.3 Å². The molecular weight excluding hydrogens is 267 g/mol. The maximum atomic E-state index is 12.9. The van der Waals surface area contributed by atoms with Crippen LogP contribution >= 0.6 is 0 Å². The first-order valence-electron chi connectivity index (χ1n) is 7.06. The van der Waals surface area contributed by atoms with E-state index < -0.39 is 0 Å². The molecule has 0 fully saturated rings. The predicted octanol–water partition coefficient (Wildman–Crippen LogP) is 2.40. The third-order valence-corrected chi connectivity index (χ3v) is 3.41. The van der Waals surface area contributed by atoms with E-state index in [0.717, 1.165) is 30.9 Å². The number of hydrogen-bond donors (Lipinski definition) is 1. The minimum atomic E-state index is -0.305. The van der Waals surface area contributed by atoms with Crippen molar-refractivity contribution in [2.45, 2.75) is 19.0 Å². The molecule has 1 unspecified atom stereocenters. The summed E-state index contributed by atoms with van der Waals surface area (Å²) >= 11 is 0. The van der Waals surface area contributed by atoms with E-state index in [1.165, 1.54) is 12.3 Å². The molecule has 2 rings (SSSR count). The Kier molecular flexibility index (Phi) is 5.78. The zero-order valence-corrected chi connectivity index (χ0v) is 12.5. The van der Waals surface area contributed by atoms with E-state index in [1.807, 2.05) is 31.4 Å². The topological polar surface area (TPSA) is 41.0 Å². The maximum absolute atomic E-state index is 12.9. The van der Waals surface area contributed by atoms with Gasteiger partial charge in [-0.3, -0.25) is 9.97 Å². The van der Waals surface area contributed by atoms with Gasteiger partial charge in [-0.2, -0.15) is 0 Å². The molecule has 0 aliphatic heterocycles. The second-order valence-corrected chi connectivity index (χ2v) is 5.09. The molecule has 0 amide bonds. The number of halogens is 1. The summed E-state index contributed by atoms with van der Waals surface area (Å²) < 4.78 is 12.9. The van der Waals surface area contributed by atoms with Crippen molar-refractivity contribution in [3.63, 3.8) is 0 Å². The fraction of sp³-hybridized carbons (Fsp3) is 0.375. The van der Waals surface area contributed by atoms with E-state index in [1.54, 1.807) is 6.07 Å². The molecule has 0 aliphatic rings. The molecule has 2 heterocycles. The van der Waals surface area contributed by atoms with Crippen LogP contribution in [0.15, 0.2) is 42.7 Å². The lowest BCUT2D eigenvalue weighted by Crippen LogP contribution is -2.26. The minimum Gasteiger partial charge on any atom is -0.312 e. The summed E-state index contributed by atoms with van der Waals surface area (Å²) in [6, 6.07) is 9.24. The lowest BCUT2D eigenvalue weighted by molar-refractivity contribution is 0.299. The first-order valence-corrected chi connectivity index (χ1v) is 7.06. The molecular formula is C16H21FN4. The van der Waals surface area contributed by atoms with Gasteiger partial charge in [0.15, 0.2) is 0 Å². The molecule has 4 nitrogen and oxygen atoms in total. The average molecular weight is 288 g/mol. The Labute approximate surface area is 125 Å². The maximum Gasteiger partial charge on any atom is 0.141 e. The van der Waals surface area contributed by atoms with Crippen molar-refractivity contribution in [3.8, 4) is 0 Å². The Bertz CT molecular complexity index is 530. The lowest BCUT2D eigenvalue weighted by Gasteiger charge is -2.21. The zero-order chi connectivity index (χ0) is 15.1. The van der Waals surface area contributed by atoms with Gasteiger partial charge in [-0.1, -0.05) is 6.07 Å². The molecule has 5 heteroatoms. The summed E-state index contributed by atoms with van der Waals surface area (Å²) in [4.78, 5) is 10.7. The summed E-state index contributed by atoms with van der Waals surface area (Å²) in [6.45, 7) is 1.72. The van der Waals surface area contributed by atoms with Crippen molar-refractivity contribution in [3.05, 3.63) is 59.9 Å². The molecule has 21 heavy (non-hydrogen) atoms. The molecule has 0 bridgehead atoms. The van der Waals surface area contributed by atoms with Crippen LogP contribution in [0.2, 0.25) is 0 Å². The van der Waals surface area contributed by atoms with Crippen LogP contribution in [0.3, 0.4) is 0 Å². The Morgan fingerprint density at radius 2 is 2.10 bits per heavy atom. The highest BCUT2D eigenvalue weighted by molar-refractivity contribution is 5.10. The van der Waals surface area contributed by atoms with Gasteiger partial charge in [-0.05, 0) is 44.8 Å². The van der Waals surface area contributed by atoms with Crippen molar-refractivity contribution in [2.24, 2.45) is 0 Å². The van der Waals surface area contributed by atoms with Crippen molar-refractivity contribution in [1.29, 1.82) is 0 Å². The van der Waals surface area contributed by atoms with Crippen molar-refractivity contribution in [1.82, 2.24) is 20.2 Å². The van der Waals surface area contributed by atoms with Gasteiger partial charge in [0.1, 0.15) is 5.82 Å².